The van der Waals surface area contributed by atoms with Crippen molar-refractivity contribution in [2.45, 2.75) is 4.90 Å². The quantitative estimate of drug-likeness (QED) is 0.888. The van der Waals surface area contributed by atoms with E-state index in [9.17, 15) is 13.2 Å². The standard InChI is InChI=1S/C10H10BrN3O3S/c1-14(9-3-2-4-12-9)18(16,17)8-5-7(11)6-13-10(8)15/h2-6,12H,1H3,(H,13,15). The first-order valence-corrected chi connectivity index (χ1v) is 7.17. The summed E-state index contributed by atoms with van der Waals surface area (Å²) >= 11 is 3.13. The number of halogens is 1. The van der Waals surface area contributed by atoms with E-state index in [2.05, 4.69) is 25.9 Å². The van der Waals surface area contributed by atoms with Gasteiger partial charge in [0.25, 0.3) is 15.6 Å². The van der Waals surface area contributed by atoms with E-state index in [-0.39, 0.29) is 4.90 Å². The Balaban J connectivity index is 2.55. The van der Waals surface area contributed by atoms with Crippen LogP contribution in [0.3, 0.4) is 0 Å². The van der Waals surface area contributed by atoms with Gasteiger partial charge in [0.05, 0.1) is 0 Å². The maximum Gasteiger partial charge on any atom is 0.270 e. The van der Waals surface area contributed by atoms with Crippen molar-refractivity contribution in [1.82, 2.24) is 9.97 Å². The van der Waals surface area contributed by atoms with E-state index in [1.807, 2.05) is 0 Å². The molecular weight excluding hydrogens is 322 g/mol. The molecule has 96 valence electrons. The predicted molar refractivity (Wildman–Crippen MR) is 71.1 cm³/mol. The van der Waals surface area contributed by atoms with Gasteiger partial charge < -0.3 is 9.97 Å². The fourth-order valence-electron chi connectivity index (χ4n) is 1.42. The van der Waals surface area contributed by atoms with Crippen molar-refractivity contribution in [3.05, 3.63) is 45.4 Å². The predicted octanol–water partition coefficient (Wildman–Crippen LogP) is 1.29. The highest BCUT2D eigenvalue weighted by Gasteiger charge is 2.25. The Bertz CT molecular complexity index is 706. The number of pyridine rings is 1. The summed E-state index contributed by atoms with van der Waals surface area (Å²) in [6, 6.07) is 4.55. The van der Waals surface area contributed by atoms with Crippen molar-refractivity contribution in [3.63, 3.8) is 0 Å². The summed E-state index contributed by atoms with van der Waals surface area (Å²) in [5.74, 6) is 0.384. The maximum atomic E-state index is 12.3. The summed E-state index contributed by atoms with van der Waals surface area (Å²) in [7, 11) is -2.51. The van der Waals surface area contributed by atoms with Crippen molar-refractivity contribution in [2.75, 3.05) is 11.4 Å². The number of rotatable bonds is 3. The second kappa shape index (κ2) is 4.62. The van der Waals surface area contributed by atoms with Crippen LogP contribution in [0.4, 0.5) is 5.82 Å². The molecule has 0 radical (unpaired) electrons. The Hall–Kier alpha value is -1.54. The zero-order chi connectivity index (χ0) is 13.3. The van der Waals surface area contributed by atoms with Gasteiger partial charge in [-0.15, -0.1) is 0 Å². The van der Waals surface area contributed by atoms with E-state index >= 15 is 0 Å². The molecule has 2 N–H and O–H groups in total. The van der Waals surface area contributed by atoms with Crippen molar-refractivity contribution < 1.29 is 8.42 Å². The molecule has 0 saturated heterocycles. The molecule has 0 amide bonds. The van der Waals surface area contributed by atoms with Crippen LogP contribution < -0.4 is 9.86 Å². The Kier molecular flexibility index (Phi) is 3.31. The number of hydrogen-bond acceptors (Lipinski definition) is 3. The topological polar surface area (TPSA) is 86.0 Å². The highest BCUT2D eigenvalue weighted by Crippen LogP contribution is 2.19. The smallest absolute Gasteiger partial charge is 0.270 e. The van der Waals surface area contributed by atoms with Crippen LogP contribution in [-0.4, -0.2) is 25.4 Å². The van der Waals surface area contributed by atoms with Crippen molar-refractivity contribution >= 4 is 31.8 Å². The summed E-state index contributed by atoms with van der Waals surface area (Å²) in [6.07, 6.45) is 2.99. The third-order valence-electron chi connectivity index (χ3n) is 2.39. The van der Waals surface area contributed by atoms with Gasteiger partial charge in [0.1, 0.15) is 5.82 Å². The van der Waals surface area contributed by atoms with Crippen LogP contribution in [0.2, 0.25) is 0 Å². The first-order valence-electron chi connectivity index (χ1n) is 4.93. The van der Waals surface area contributed by atoms with Crippen molar-refractivity contribution in [3.8, 4) is 0 Å². The Morgan fingerprint density at radius 3 is 2.67 bits per heavy atom. The minimum Gasteiger partial charge on any atom is -0.348 e. The van der Waals surface area contributed by atoms with E-state index in [0.717, 1.165) is 4.31 Å². The average molecular weight is 332 g/mol. The molecule has 0 unspecified atom stereocenters. The van der Waals surface area contributed by atoms with Crippen LogP contribution in [0.5, 0.6) is 0 Å². The fraction of sp³-hybridized carbons (Fsp3) is 0.100. The molecule has 0 atom stereocenters. The lowest BCUT2D eigenvalue weighted by molar-refractivity contribution is 0.592. The number of H-pyrrole nitrogens is 2. The zero-order valence-electron chi connectivity index (χ0n) is 9.34. The van der Waals surface area contributed by atoms with E-state index in [1.165, 1.54) is 19.3 Å². The zero-order valence-corrected chi connectivity index (χ0v) is 11.7. The minimum atomic E-state index is -3.89. The van der Waals surface area contributed by atoms with Gasteiger partial charge in [0.2, 0.25) is 0 Å². The van der Waals surface area contributed by atoms with Gasteiger partial charge in [0.15, 0.2) is 4.90 Å². The van der Waals surface area contributed by atoms with Crippen LogP contribution in [0.15, 0.2) is 44.8 Å². The largest absolute Gasteiger partial charge is 0.348 e. The van der Waals surface area contributed by atoms with Gasteiger partial charge in [-0.2, -0.15) is 0 Å². The van der Waals surface area contributed by atoms with E-state index in [1.54, 1.807) is 18.3 Å². The van der Waals surface area contributed by atoms with Crippen molar-refractivity contribution in [1.29, 1.82) is 0 Å². The molecule has 0 bridgehead atoms. The molecule has 2 aromatic heterocycles. The molecule has 0 aliphatic carbocycles. The maximum absolute atomic E-state index is 12.3. The van der Waals surface area contributed by atoms with E-state index in [4.69, 9.17) is 0 Å². The Labute approximate surface area is 112 Å². The summed E-state index contributed by atoms with van der Waals surface area (Å²) < 4.78 is 26.0. The number of sulfonamides is 1. The van der Waals surface area contributed by atoms with Gasteiger partial charge in [-0.3, -0.25) is 9.10 Å². The summed E-state index contributed by atoms with van der Waals surface area (Å²) in [5, 5.41) is 0. The Morgan fingerprint density at radius 2 is 2.06 bits per heavy atom. The fourth-order valence-corrected chi connectivity index (χ4v) is 3.15. The minimum absolute atomic E-state index is 0.311. The van der Waals surface area contributed by atoms with Gasteiger partial charge in [-0.1, -0.05) is 0 Å². The van der Waals surface area contributed by atoms with Crippen LogP contribution in [-0.2, 0) is 10.0 Å². The number of nitrogens with one attached hydrogen (secondary N) is 2. The molecule has 0 aromatic carbocycles. The molecular formula is C10H10BrN3O3S. The normalized spacial score (nSPS) is 11.4. The molecule has 2 heterocycles. The third kappa shape index (κ3) is 2.21. The van der Waals surface area contributed by atoms with Gasteiger partial charge in [0, 0.05) is 23.9 Å². The first-order chi connectivity index (χ1) is 8.43. The monoisotopic (exact) mass is 331 g/mol. The van der Waals surface area contributed by atoms with Crippen molar-refractivity contribution in [2.24, 2.45) is 0 Å². The average Bonchev–Trinajstić information content (AvgIpc) is 2.84. The van der Waals surface area contributed by atoms with Gasteiger partial charge in [-0.05, 0) is 34.1 Å². The first kappa shape index (κ1) is 12.9. The van der Waals surface area contributed by atoms with Gasteiger partial charge >= 0.3 is 0 Å². The molecule has 0 fully saturated rings. The molecule has 0 spiro atoms. The van der Waals surface area contributed by atoms with E-state index < -0.39 is 15.6 Å². The molecule has 0 aliphatic rings. The lowest BCUT2D eigenvalue weighted by Gasteiger charge is -2.17. The van der Waals surface area contributed by atoms with Crippen LogP contribution in [0.25, 0.3) is 0 Å². The van der Waals surface area contributed by atoms with Crippen LogP contribution in [0.1, 0.15) is 0 Å². The molecule has 2 rings (SSSR count). The summed E-state index contributed by atoms with van der Waals surface area (Å²) in [5.41, 5.74) is -0.656. The highest BCUT2D eigenvalue weighted by atomic mass is 79.9. The summed E-state index contributed by atoms with van der Waals surface area (Å²) in [6.45, 7) is 0. The molecule has 2 aromatic rings. The second-order valence-electron chi connectivity index (χ2n) is 3.54. The summed E-state index contributed by atoms with van der Waals surface area (Å²) in [4.78, 5) is 16.4. The molecule has 6 nitrogen and oxygen atoms in total. The number of anilines is 1. The number of aromatic nitrogens is 2. The number of aromatic amines is 2. The highest BCUT2D eigenvalue weighted by molar-refractivity contribution is 9.10. The second-order valence-corrected chi connectivity index (χ2v) is 6.39. The lowest BCUT2D eigenvalue weighted by Crippen LogP contribution is -2.31. The third-order valence-corrected chi connectivity index (χ3v) is 4.63. The molecule has 0 saturated carbocycles. The molecule has 0 aliphatic heterocycles. The SMILES string of the molecule is CN(c1ccc[nH]1)S(=O)(=O)c1cc(Br)c[nH]c1=O. The molecule has 18 heavy (non-hydrogen) atoms. The molecule has 8 heteroatoms. The van der Waals surface area contributed by atoms with Gasteiger partial charge in [-0.25, -0.2) is 8.42 Å². The van der Waals surface area contributed by atoms with Crippen LogP contribution >= 0.6 is 15.9 Å². The lowest BCUT2D eigenvalue weighted by atomic mass is 10.5. The number of hydrogen-bond donors (Lipinski definition) is 2. The number of nitrogens with zero attached hydrogens (tertiary/aromatic N) is 1. The Morgan fingerprint density at radius 1 is 1.33 bits per heavy atom. The van der Waals surface area contributed by atoms with E-state index in [0.29, 0.717) is 10.3 Å². The van der Waals surface area contributed by atoms with Crippen LogP contribution in [0, 0.1) is 0 Å².